The third-order valence-electron chi connectivity index (χ3n) is 2.64. The van der Waals surface area contributed by atoms with Crippen LogP contribution >= 0.6 is 15.9 Å². The van der Waals surface area contributed by atoms with Crippen molar-refractivity contribution in [1.82, 2.24) is 15.2 Å². The van der Waals surface area contributed by atoms with Crippen LogP contribution in [0.5, 0.6) is 0 Å². The quantitative estimate of drug-likeness (QED) is 0.918. The normalized spacial score (nSPS) is 15.4. The predicted octanol–water partition coefficient (Wildman–Crippen LogP) is 3.25. The number of halogens is 2. The van der Waals surface area contributed by atoms with E-state index in [1.807, 2.05) is 0 Å². The van der Waals surface area contributed by atoms with Crippen LogP contribution < -0.4 is 0 Å². The molecule has 1 aliphatic rings. The summed E-state index contributed by atoms with van der Waals surface area (Å²) in [4.78, 5) is 4.38. The minimum Gasteiger partial charge on any atom is -0.262 e. The fourth-order valence-electron chi connectivity index (χ4n) is 1.60. The van der Waals surface area contributed by atoms with Gasteiger partial charge in [0, 0.05) is 16.0 Å². The molecule has 1 aromatic heterocycles. The summed E-state index contributed by atoms with van der Waals surface area (Å²) < 4.78 is 13.9. The summed E-state index contributed by atoms with van der Waals surface area (Å²) in [6.45, 7) is 0. The maximum atomic E-state index is 13.1. The number of benzene rings is 1. The number of aromatic nitrogens is 3. The van der Waals surface area contributed by atoms with Gasteiger partial charge in [0.15, 0.2) is 5.82 Å². The van der Waals surface area contributed by atoms with E-state index in [1.165, 1.54) is 25.0 Å². The first-order valence-electron chi connectivity index (χ1n) is 5.12. The van der Waals surface area contributed by atoms with Crippen LogP contribution in [-0.2, 0) is 0 Å². The van der Waals surface area contributed by atoms with E-state index in [9.17, 15) is 4.39 Å². The molecule has 0 unspecified atom stereocenters. The number of H-pyrrole nitrogens is 1. The van der Waals surface area contributed by atoms with E-state index in [2.05, 4.69) is 31.1 Å². The van der Waals surface area contributed by atoms with Gasteiger partial charge in [-0.15, -0.1) is 0 Å². The second-order valence-electron chi connectivity index (χ2n) is 3.94. The van der Waals surface area contributed by atoms with Crippen molar-refractivity contribution < 1.29 is 4.39 Å². The van der Waals surface area contributed by atoms with Crippen molar-refractivity contribution in [1.29, 1.82) is 0 Å². The Balaban J connectivity index is 2.03. The zero-order valence-corrected chi connectivity index (χ0v) is 9.96. The lowest BCUT2D eigenvalue weighted by Gasteiger charge is -1.98. The Morgan fingerprint density at radius 2 is 2.19 bits per heavy atom. The third-order valence-corrected chi connectivity index (χ3v) is 3.33. The van der Waals surface area contributed by atoms with Crippen LogP contribution in [-0.4, -0.2) is 15.2 Å². The number of hydrogen-bond acceptors (Lipinski definition) is 2. The van der Waals surface area contributed by atoms with Crippen molar-refractivity contribution in [3.8, 4) is 11.4 Å². The van der Waals surface area contributed by atoms with E-state index >= 15 is 0 Å². The van der Waals surface area contributed by atoms with E-state index in [0.29, 0.717) is 17.3 Å². The molecule has 3 nitrogen and oxygen atoms in total. The largest absolute Gasteiger partial charge is 0.262 e. The van der Waals surface area contributed by atoms with Gasteiger partial charge in [-0.25, -0.2) is 9.37 Å². The average molecular weight is 282 g/mol. The summed E-state index contributed by atoms with van der Waals surface area (Å²) in [5, 5.41) is 7.03. The standard InChI is InChI=1S/C11H9BrFN3/c12-9-4-3-7(13)5-8(9)11-14-10(15-16-11)6-1-2-6/h3-6H,1-2H2,(H,14,15,16). The van der Waals surface area contributed by atoms with E-state index in [0.717, 1.165) is 10.3 Å². The highest BCUT2D eigenvalue weighted by Gasteiger charge is 2.27. The Morgan fingerprint density at radius 3 is 2.94 bits per heavy atom. The van der Waals surface area contributed by atoms with Crippen LogP contribution in [0.25, 0.3) is 11.4 Å². The highest BCUT2D eigenvalue weighted by molar-refractivity contribution is 9.10. The molecule has 0 spiro atoms. The Labute approximate surface area is 100 Å². The van der Waals surface area contributed by atoms with Gasteiger partial charge in [0.2, 0.25) is 0 Å². The predicted molar refractivity (Wildman–Crippen MR) is 61.5 cm³/mol. The van der Waals surface area contributed by atoms with E-state index < -0.39 is 0 Å². The van der Waals surface area contributed by atoms with Gasteiger partial charge in [-0.3, -0.25) is 5.10 Å². The molecule has 1 fully saturated rings. The molecule has 1 N–H and O–H groups in total. The topological polar surface area (TPSA) is 41.6 Å². The smallest absolute Gasteiger partial charge is 0.182 e. The van der Waals surface area contributed by atoms with E-state index in [1.54, 1.807) is 6.07 Å². The van der Waals surface area contributed by atoms with Gasteiger partial charge in [0.05, 0.1) is 0 Å². The SMILES string of the molecule is Fc1ccc(Br)c(-c2n[nH]c(C3CC3)n2)c1. The highest BCUT2D eigenvalue weighted by atomic mass is 79.9. The Bertz CT molecular complexity index is 534. The van der Waals surface area contributed by atoms with Crippen molar-refractivity contribution in [2.75, 3.05) is 0 Å². The van der Waals surface area contributed by atoms with Crippen molar-refractivity contribution >= 4 is 15.9 Å². The molecule has 0 radical (unpaired) electrons. The first kappa shape index (κ1) is 9.96. The molecule has 0 saturated heterocycles. The highest BCUT2D eigenvalue weighted by Crippen LogP contribution is 2.38. The van der Waals surface area contributed by atoms with Crippen molar-refractivity contribution in [3.05, 3.63) is 34.3 Å². The molecule has 5 heteroatoms. The van der Waals surface area contributed by atoms with Gasteiger partial charge in [-0.1, -0.05) is 15.9 Å². The average Bonchev–Trinajstić information content (AvgIpc) is 3.01. The molecule has 2 aromatic rings. The first-order chi connectivity index (χ1) is 7.74. The summed E-state index contributed by atoms with van der Waals surface area (Å²) in [5.74, 6) is 1.70. The lowest BCUT2D eigenvalue weighted by molar-refractivity contribution is 0.628. The zero-order chi connectivity index (χ0) is 11.1. The molecule has 1 aromatic carbocycles. The van der Waals surface area contributed by atoms with Crippen molar-refractivity contribution in [2.24, 2.45) is 0 Å². The summed E-state index contributed by atoms with van der Waals surface area (Å²) in [6, 6.07) is 4.50. The number of rotatable bonds is 2. The second kappa shape index (κ2) is 3.66. The van der Waals surface area contributed by atoms with Crippen LogP contribution in [0.2, 0.25) is 0 Å². The lowest BCUT2D eigenvalue weighted by atomic mass is 10.2. The van der Waals surface area contributed by atoms with Gasteiger partial charge < -0.3 is 0 Å². The number of nitrogens with one attached hydrogen (secondary N) is 1. The monoisotopic (exact) mass is 281 g/mol. The lowest BCUT2D eigenvalue weighted by Crippen LogP contribution is -1.85. The minimum atomic E-state index is -0.282. The molecular weight excluding hydrogens is 273 g/mol. The molecule has 0 aliphatic heterocycles. The Hall–Kier alpha value is -1.23. The van der Waals surface area contributed by atoms with Gasteiger partial charge in [-0.05, 0) is 31.0 Å². The van der Waals surface area contributed by atoms with E-state index in [-0.39, 0.29) is 5.82 Å². The fourth-order valence-corrected chi connectivity index (χ4v) is 2.03. The van der Waals surface area contributed by atoms with Crippen LogP contribution in [0.15, 0.2) is 22.7 Å². The van der Waals surface area contributed by atoms with Crippen LogP contribution in [0.1, 0.15) is 24.6 Å². The van der Waals surface area contributed by atoms with Gasteiger partial charge in [0.25, 0.3) is 0 Å². The third kappa shape index (κ3) is 1.75. The Morgan fingerprint density at radius 1 is 1.38 bits per heavy atom. The van der Waals surface area contributed by atoms with Crippen LogP contribution in [0, 0.1) is 5.82 Å². The molecular formula is C11H9BrFN3. The first-order valence-corrected chi connectivity index (χ1v) is 5.91. The number of nitrogens with zero attached hydrogens (tertiary/aromatic N) is 2. The molecule has 0 atom stereocenters. The Kier molecular flexibility index (Phi) is 2.28. The molecule has 1 heterocycles. The van der Waals surface area contributed by atoms with Crippen LogP contribution in [0.4, 0.5) is 4.39 Å². The summed E-state index contributed by atoms with van der Waals surface area (Å²) >= 11 is 3.37. The maximum Gasteiger partial charge on any atom is 0.182 e. The van der Waals surface area contributed by atoms with Gasteiger partial charge in [0.1, 0.15) is 11.6 Å². The molecule has 0 amide bonds. The molecule has 3 rings (SSSR count). The van der Waals surface area contributed by atoms with Gasteiger partial charge in [-0.2, -0.15) is 5.10 Å². The van der Waals surface area contributed by atoms with Crippen LogP contribution in [0.3, 0.4) is 0 Å². The maximum absolute atomic E-state index is 13.1. The second-order valence-corrected chi connectivity index (χ2v) is 4.80. The number of hydrogen-bond donors (Lipinski definition) is 1. The minimum absolute atomic E-state index is 0.282. The van der Waals surface area contributed by atoms with E-state index in [4.69, 9.17) is 0 Å². The number of aromatic amines is 1. The van der Waals surface area contributed by atoms with Crippen molar-refractivity contribution in [2.45, 2.75) is 18.8 Å². The van der Waals surface area contributed by atoms with Gasteiger partial charge >= 0.3 is 0 Å². The molecule has 16 heavy (non-hydrogen) atoms. The molecule has 0 bridgehead atoms. The summed E-state index contributed by atoms with van der Waals surface area (Å²) in [5.41, 5.74) is 0.683. The zero-order valence-electron chi connectivity index (χ0n) is 8.37. The summed E-state index contributed by atoms with van der Waals surface area (Å²) in [7, 11) is 0. The molecule has 1 saturated carbocycles. The van der Waals surface area contributed by atoms with Crippen molar-refractivity contribution in [3.63, 3.8) is 0 Å². The molecule has 1 aliphatic carbocycles. The molecule has 82 valence electrons. The fraction of sp³-hybridized carbons (Fsp3) is 0.273. The summed E-state index contributed by atoms with van der Waals surface area (Å²) in [6.07, 6.45) is 2.33.